The van der Waals surface area contributed by atoms with Crippen molar-refractivity contribution in [1.29, 1.82) is 0 Å². The Labute approximate surface area is 139 Å². The van der Waals surface area contributed by atoms with Crippen molar-refractivity contribution in [2.45, 2.75) is 11.8 Å². The zero-order valence-corrected chi connectivity index (χ0v) is 14.0. The van der Waals surface area contributed by atoms with E-state index in [-0.39, 0.29) is 10.8 Å². The Hall–Kier alpha value is -2.71. The number of methoxy groups -OCH3 is 1. The second kappa shape index (κ2) is 6.42. The molecular formula is C16H16N4O3S. The van der Waals surface area contributed by atoms with E-state index in [0.29, 0.717) is 11.3 Å². The number of fused-ring (bicyclic) bond motifs is 1. The Morgan fingerprint density at radius 2 is 1.79 bits per heavy atom. The Morgan fingerprint density at radius 3 is 2.50 bits per heavy atom. The molecule has 0 amide bonds. The molecule has 1 heterocycles. The second-order valence-electron chi connectivity index (χ2n) is 5.06. The van der Waals surface area contributed by atoms with Gasteiger partial charge in [0.25, 0.3) is 10.0 Å². The van der Waals surface area contributed by atoms with E-state index in [1.807, 2.05) is 19.1 Å². The summed E-state index contributed by atoms with van der Waals surface area (Å²) in [6.45, 7) is 1.83. The van der Waals surface area contributed by atoms with Crippen LogP contribution >= 0.6 is 0 Å². The normalized spacial score (nSPS) is 11.4. The third kappa shape index (κ3) is 3.29. The molecule has 8 heteroatoms. The monoisotopic (exact) mass is 344 g/mol. The molecule has 7 nitrogen and oxygen atoms in total. The van der Waals surface area contributed by atoms with E-state index in [1.54, 1.807) is 31.4 Å². The number of sulfonamides is 1. The number of nitrogens with one attached hydrogen (secondary N) is 2. The van der Waals surface area contributed by atoms with Crippen LogP contribution in [0, 0.1) is 6.92 Å². The average Bonchev–Trinajstić information content (AvgIpc) is 2.60. The number of hydrogen-bond acceptors (Lipinski definition) is 6. The van der Waals surface area contributed by atoms with Crippen LogP contribution in [0.25, 0.3) is 10.9 Å². The highest BCUT2D eigenvalue weighted by molar-refractivity contribution is 7.89. The molecule has 124 valence electrons. The van der Waals surface area contributed by atoms with Crippen LogP contribution in [0.2, 0.25) is 0 Å². The zero-order chi connectivity index (χ0) is 17.2. The number of nitrogens with zero attached hydrogens (tertiary/aromatic N) is 2. The maximum atomic E-state index is 12.2. The fourth-order valence-electron chi connectivity index (χ4n) is 2.22. The Kier molecular flexibility index (Phi) is 4.32. The molecule has 24 heavy (non-hydrogen) atoms. The van der Waals surface area contributed by atoms with Crippen molar-refractivity contribution < 1.29 is 13.2 Å². The van der Waals surface area contributed by atoms with Gasteiger partial charge in [0.1, 0.15) is 5.75 Å². The first kappa shape index (κ1) is 16.2. The molecule has 0 aliphatic rings. The summed E-state index contributed by atoms with van der Waals surface area (Å²) in [6.07, 6.45) is 0. The molecule has 0 bridgehead atoms. The molecule has 0 radical (unpaired) electrons. The molecule has 0 saturated heterocycles. The Bertz CT molecular complexity index is 975. The van der Waals surface area contributed by atoms with Crippen molar-refractivity contribution in [2.75, 3.05) is 12.5 Å². The van der Waals surface area contributed by atoms with Crippen molar-refractivity contribution in [3.05, 3.63) is 54.2 Å². The molecule has 1 aromatic heterocycles. The number of anilines is 1. The number of benzene rings is 2. The van der Waals surface area contributed by atoms with Gasteiger partial charge in [-0.15, -0.1) is 4.83 Å². The molecule has 2 aromatic carbocycles. The van der Waals surface area contributed by atoms with Crippen LogP contribution in [0.3, 0.4) is 0 Å². The van der Waals surface area contributed by atoms with Crippen LogP contribution in [0.5, 0.6) is 5.75 Å². The van der Waals surface area contributed by atoms with Gasteiger partial charge in [0.2, 0.25) is 5.95 Å². The van der Waals surface area contributed by atoms with Gasteiger partial charge in [-0.1, -0.05) is 18.2 Å². The summed E-state index contributed by atoms with van der Waals surface area (Å²) in [6, 6.07) is 13.5. The lowest BCUT2D eigenvalue weighted by molar-refractivity contribution is 0.415. The minimum Gasteiger partial charge on any atom is -0.497 e. The average molecular weight is 344 g/mol. The van der Waals surface area contributed by atoms with Crippen LogP contribution in [0.15, 0.2) is 53.4 Å². The van der Waals surface area contributed by atoms with Gasteiger partial charge in [-0.2, -0.15) is 0 Å². The van der Waals surface area contributed by atoms with Gasteiger partial charge in [0.05, 0.1) is 23.2 Å². The zero-order valence-electron chi connectivity index (χ0n) is 13.1. The van der Waals surface area contributed by atoms with Crippen molar-refractivity contribution >= 4 is 26.9 Å². The smallest absolute Gasteiger partial charge is 0.257 e. The van der Waals surface area contributed by atoms with Crippen molar-refractivity contribution in [1.82, 2.24) is 14.8 Å². The van der Waals surface area contributed by atoms with Crippen LogP contribution in [-0.4, -0.2) is 25.5 Å². The van der Waals surface area contributed by atoms with Crippen LogP contribution in [-0.2, 0) is 10.0 Å². The number of hydrogen-bond donors (Lipinski definition) is 2. The first-order valence-corrected chi connectivity index (χ1v) is 8.63. The van der Waals surface area contributed by atoms with E-state index in [4.69, 9.17) is 4.74 Å². The SMILES string of the molecule is COc1ccc2c(C)nc(NNS(=O)(=O)c3ccccc3)nc2c1. The Balaban J connectivity index is 1.88. The molecule has 2 N–H and O–H groups in total. The first-order valence-electron chi connectivity index (χ1n) is 7.15. The summed E-state index contributed by atoms with van der Waals surface area (Å²) in [7, 11) is -2.13. The molecule has 0 unspecified atom stereocenters. The van der Waals surface area contributed by atoms with E-state index >= 15 is 0 Å². The quantitative estimate of drug-likeness (QED) is 0.690. The summed E-state index contributed by atoms with van der Waals surface area (Å²) in [5.74, 6) is 0.823. The van der Waals surface area contributed by atoms with E-state index in [1.165, 1.54) is 12.1 Å². The van der Waals surface area contributed by atoms with Gasteiger partial charge in [0, 0.05) is 11.5 Å². The summed E-state index contributed by atoms with van der Waals surface area (Å²) in [4.78, 5) is 11.0. The maximum Gasteiger partial charge on any atom is 0.257 e. The minimum atomic E-state index is -3.70. The van der Waals surface area contributed by atoms with Gasteiger partial charge in [-0.3, -0.25) is 5.43 Å². The summed E-state index contributed by atoms with van der Waals surface area (Å²) >= 11 is 0. The lowest BCUT2D eigenvalue weighted by Crippen LogP contribution is -2.30. The number of aryl methyl sites for hydroxylation is 1. The predicted molar refractivity (Wildman–Crippen MR) is 91.2 cm³/mol. The molecule has 0 atom stereocenters. The molecule has 3 rings (SSSR count). The van der Waals surface area contributed by atoms with Crippen LogP contribution < -0.4 is 15.0 Å². The third-order valence-electron chi connectivity index (χ3n) is 3.45. The summed E-state index contributed by atoms with van der Waals surface area (Å²) < 4.78 is 29.6. The van der Waals surface area contributed by atoms with Gasteiger partial charge in [0.15, 0.2) is 0 Å². The van der Waals surface area contributed by atoms with Crippen LogP contribution in [0.4, 0.5) is 5.95 Å². The fraction of sp³-hybridized carbons (Fsp3) is 0.125. The van der Waals surface area contributed by atoms with Gasteiger partial charge in [-0.25, -0.2) is 18.4 Å². The van der Waals surface area contributed by atoms with Crippen molar-refractivity contribution in [3.8, 4) is 5.75 Å². The van der Waals surface area contributed by atoms with Gasteiger partial charge < -0.3 is 4.74 Å². The highest BCUT2D eigenvalue weighted by Gasteiger charge is 2.14. The highest BCUT2D eigenvalue weighted by Crippen LogP contribution is 2.22. The number of rotatable bonds is 5. The molecule has 0 saturated carbocycles. The number of aromatic nitrogens is 2. The lowest BCUT2D eigenvalue weighted by Gasteiger charge is -2.10. The van der Waals surface area contributed by atoms with Gasteiger partial charge >= 0.3 is 0 Å². The lowest BCUT2D eigenvalue weighted by atomic mass is 10.2. The van der Waals surface area contributed by atoms with Crippen molar-refractivity contribution in [2.24, 2.45) is 0 Å². The van der Waals surface area contributed by atoms with Crippen LogP contribution in [0.1, 0.15) is 5.69 Å². The highest BCUT2D eigenvalue weighted by atomic mass is 32.2. The first-order chi connectivity index (χ1) is 11.5. The largest absolute Gasteiger partial charge is 0.497 e. The molecule has 0 aliphatic carbocycles. The second-order valence-corrected chi connectivity index (χ2v) is 6.74. The topological polar surface area (TPSA) is 93.2 Å². The molecule has 0 aliphatic heterocycles. The number of hydrazine groups is 1. The predicted octanol–water partition coefficient (Wildman–Crippen LogP) is 2.25. The Morgan fingerprint density at radius 1 is 1.04 bits per heavy atom. The third-order valence-corrected chi connectivity index (χ3v) is 4.71. The summed E-state index contributed by atoms with van der Waals surface area (Å²) in [5, 5.41) is 0.868. The molecule has 3 aromatic rings. The molecular weight excluding hydrogens is 328 g/mol. The van der Waals surface area contributed by atoms with E-state index in [0.717, 1.165) is 11.1 Å². The standard InChI is InChI=1S/C16H16N4O3S/c1-11-14-9-8-12(23-2)10-15(14)18-16(17-11)19-20-24(21,22)13-6-4-3-5-7-13/h3-10,20H,1-2H3,(H,17,18,19). The molecule has 0 fully saturated rings. The van der Waals surface area contributed by atoms with E-state index in [9.17, 15) is 8.42 Å². The van der Waals surface area contributed by atoms with Crippen molar-refractivity contribution in [3.63, 3.8) is 0 Å². The summed E-state index contributed by atoms with van der Waals surface area (Å²) in [5.41, 5.74) is 3.93. The van der Waals surface area contributed by atoms with Gasteiger partial charge in [-0.05, 0) is 31.2 Å². The number of ether oxygens (including phenoxy) is 1. The fourth-order valence-corrected chi connectivity index (χ4v) is 3.08. The van der Waals surface area contributed by atoms with E-state index in [2.05, 4.69) is 20.2 Å². The maximum absolute atomic E-state index is 12.2. The molecule has 0 spiro atoms. The van der Waals surface area contributed by atoms with E-state index < -0.39 is 10.0 Å². The minimum absolute atomic E-state index is 0.150.